The standard InChI is InChI=1S/C25H28N2O7S/c1-16-14-27(12-13-35(16,32)33)24(30)22(10-11-23(28)29)26-25(31)34-15-21-19-8-4-2-6-17(19)18-7-3-5-9-20(18)21/h2-9,16,21-22H,10-15H2,1H3,(H,26,31)(H,28,29). The van der Waals surface area contributed by atoms with E-state index in [-0.39, 0.29) is 44.2 Å². The molecule has 1 aliphatic carbocycles. The van der Waals surface area contributed by atoms with E-state index in [1.165, 1.54) is 11.8 Å². The van der Waals surface area contributed by atoms with Gasteiger partial charge in [-0.3, -0.25) is 9.59 Å². The summed E-state index contributed by atoms with van der Waals surface area (Å²) in [6, 6.07) is 14.7. The van der Waals surface area contributed by atoms with Gasteiger partial charge in [-0.25, -0.2) is 13.2 Å². The zero-order chi connectivity index (χ0) is 25.2. The first-order valence-electron chi connectivity index (χ1n) is 11.5. The summed E-state index contributed by atoms with van der Waals surface area (Å²) in [5.74, 6) is -1.95. The molecule has 1 aliphatic heterocycles. The minimum atomic E-state index is -3.27. The maximum atomic E-state index is 13.1. The molecule has 35 heavy (non-hydrogen) atoms. The fourth-order valence-corrected chi connectivity index (χ4v) is 5.97. The molecule has 2 atom stereocenters. The number of benzene rings is 2. The van der Waals surface area contributed by atoms with Crippen molar-refractivity contribution < 1.29 is 32.6 Å². The zero-order valence-corrected chi connectivity index (χ0v) is 20.2. The molecule has 10 heteroatoms. The molecule has 0 bridgehead atoms. The number of hydrogen-bond donors (Lipinski definition) is 2. The Morgan fingerprint density at radius 3 is 2.26 bits per heavy atom. The number of sulfone groups is 1. The first-order valence-corrected chi connectivity index (χ1v) is 13.2. The van der Waals surface area contributed by atoms with Gasteiger partial charge in [0.1, 0.15) is 12.6 Å². The van der Waals surface area contributed by atoms with E-state index < -0.39 is 39.1 Å². The second-order valence-corrected chi connectivity index (χ2v) is 11.5. The summed E-state index contributed by atoms with van der Waals surface area (Å²) in [5, 5.41) is 10.9. The summed E-state index contributed by atoms with van der Waals surface area (Å²) in [6.45, 7) is 1.58. The van der Waals surface area contributed by atoms with Gasteiger partial charge in [0, 0.05) is 25.4 Å². The highest BCUT2D eigenvalue weighted by atomic mass is 32.2. The number of amides is 2. The van der Waals surface area contributed by atoms with Crippen LogP contribution in [0.25, 0.3) is 11.1 Å². The lowest BCUT2D eigenvalue weighted by atomic mass is 9.98. The summed E-state index contributed by atoms with van der Waals surface area (Å²) in [5.41, 5.74) is 4.26. The second-order valence-electron chi connectivity index (χ2n) is 8.92. The van der Waals surface area contributed by atoms with Gasteiger partial charge in [0.25, 0.3) is 0 Å². The monoisotopic (exact) mass is 500 g/mol. The number of nitrogens with one attached hydrogen (secondary N) is 1. The summed E-state index contributed by atoms with van der Waals surface area (Å²) in [6.07, 6.45) is -1.29. The first-order chi connectivity index (χ1) is 16.7. The number of carbonyl (C=O) groups is 3. The van der Waals surface area contributed by atoms with Crippen LogP contribution < -0.4 is 5.32 Å². The molecule has 4 rings (SSSR count). The van der Waals surface area contributed by atoms with Crippen LogP contribution in [0.2, 0.25) is 0 Å². The molecule has 2 unspecified atom stereocenters. The van der Waals surface area contributed by atoms with Crippen molar-refractivity contribution in [3.8, 4) is 11.1 Å². The number of alkyl carbamates (subject to hydrolysis) is 1. The number of ether oxygens (including phenoxy) is 1. The smallest absolute Gasteiger partial charge is 0.407 e. The Labute approximate surface area is 204 Å². The van der Waals surface area contributed by atoms with Crippen molar-refractivity contribution >= 4 is 27.8 Å². The molecule has 2 amide bonds. The van der Waals surface area contributed by atoms with Crippen molar-refractivity contribution in [2.24, 2.45) is 0 Å². The average molecular weight is 501 g/mol. The first kappa shape index (κ1) is 24.7. The highest BCUT2D eigenvalue weighted by molar-refractivity contribution is 7.92. The lowest BCUT2D eigenvalue weighted by Gasteiger charge is -2.33. The predicted octanol–water partition coefficient (Wildman–Crippen LogP) is 2.40. The number of aliphatic carboxylic acids is 1. The molecule has 1 fully saturated rings. The van der Waals surface area contributed by atoms with Gasteiger partial charge in [0.2, 0.25) is 5.91 Å². The van der Waals surface area contributed by atoms with Gasteiger partial charge >= 0.3 is 12.1 Å². The van der Waals surface area contributed by atoms with Gasteiger partial charge < -0.3 is 20.1 Å². The van der Waals surface area contributed by atoms with Gasteiger partial charge in [-0.15, -0.1) is 0 Å². The molecular formula is C25H28N2O7S. The van der Waals surface area contributed by atoms with Crippen molar-refractivity contribution in [2.45, 2.75) is 37.0 Å². The Balaban J connectivity index is 1.43. The van der Waals surface area contributed by atoms with E-state index in [1.54, 1.807) is 0 Å². The van der Waals surface area contributed by atoms with Crippen LogP contribution >= 0.6 is 0 Å². The molecule has 0 radical (unpaired) electrons. The molecule has 0 saturated carbocycles. The Morgan fingerprint density at radius 2 is 1.69 bits per heavy atom. The summed E-state index contributed by atoms with van der Waals surface area (Å²) >= 11 is 0. The van der Waals surface area contributed by atoms with Crippen LogP contribution in [-0.2, 0) is 24.2 Å². The van der Waals surface area contributed by atoms with Gasteiger partial charge in [-0.2, -0.15) is 0 Å². The minimum Gasteiger partial charge on any atom is -0.481 e. The zero-order valence-electron chi connectivity index (χ0n) is 19.3. The van der Waals surface area contributed by atoms with Crippen molar-refractivity contribution in [3.05, 3.63) is 59.7 Å². The number of rotatable bonds is 7. The molecule has 1 heterocycles. The lowest BCUT2D eigenvalue weighted by Crippen LogP contribution is -2.55. The number of hydrogen-bond acceptors (Lipinski definition) is 6. The van der Waals surface area contributed by atoms with E-state index in [4.69, 9.17) is 9.84 Å². The third-order valence-corrected chi connectivity index (χ3v) is 8.76. The van der Waals surface area contributed by atoms with Crippen molar-refractivity contribution in [1.82, 2.24) is 10.2 Å². The largest absolute Gasteiger partial charge is 0.481 e. The quantitative estimate of drug-likeness (QED) is 0.597. The Morgan fingerprint density at radius 1 is 1.09 bits per heavy atom. The van der Waals surface area contributed by atoms with Crippen LogP contribution in [0, 0.1) is 0 Å². The fraction of sp³-hybridized carbons (Fsp3) is 0.400. The van der Waals surface area contributed by atoms with Crippen molar-refractivity contribution in [3.63, 3.8) is 0 Å². The third kappa shape index (κ3) is 5.32. The van der Waals surface area contributed by atoms with E-state index in [0.717, 1.165) is 22.3 Å². The number of fused-ring (bicyclic) bond motifs is 3. The molecule has 1 saturated heterocycles. The molecule has 2 N–H and O–H groups in total. The van der Waals surface area contributed by atoms with E-state index in [2.05, 4.69) is 5.32 Å². The van der Waals surface area contributed by atoms with Gasteiger partial charge in [-0.05, 0) is 35.6 Å². The SMILES string of the molecule is CC1CN(C(=O)C(CCC(=O)O)NC(=O)OCC2c3ccccc3-c3ccccc32)CCS1(=O)=O. The number of carbonyl (C=O) groups excluding carboxylic acids is 2. The molecule has 186 valence electrons. The van der Waals surface area contributed by atoms with Gasteiger partial charge in [0.15, 0.2) is 9.84 Å². The van der Waals surface area contributed by atoms with Crippen LogP contribution in [0.1, 0.15) is 36.8 Å². The maximum Gasteiger partial charge on any atom is 0.407 e. The number of carboxylic acids is 1. The van der Waals surface area contributed by atoms with Crippen LogP contribution in [0.3, 0.4) is 0 Å². The van der Waals surface area contributed by atoms with Crippen LogP contribution in [0.15, 0.2) is 48.5 Å². The van der Waals surface area contributed by atoms with Gasteiger partial charge in [-0.1, -0.05) is 48.5 Å². The topological polar surface area (TPSA) is 130 Å². The minimum absolute atomic E-state index is 0.00144. The predicted molar refractivity (Wildman–Crippen MR) is 129 cm³/mol. The summed E-state index contributed by atoms with van der Waals surface area (Å²) in [7, 11) is -3.27. The summed E-state index contributed by atoms with van der Waals surface area (Å²) in [4.78, 5) is 38.2. The molecular weight excluding hydrogens is 472 g/mol. The third-order valence-electron chi connectivity index (χ3n) is 6.63. The average Bonchev–Trinajstić information content (AvgIpc) is 3.15. The molecule has 0 aromatic heterocycles. The van der Waals surface area contributed by atoms with E-state index in [9.17, 15) is 22.8 Å². The van der Waals surface area contributed by atoms with Gasteiger partial charge in [0.05, 0.1) is 11.0 Å². The van der Waals surface area contributed by atoms with Crippen molar-refractivity contribution in [2.75, 3.05) is 25.4 Å². The molecule has 2 aromatic rings. The number of carboxylic acid groups (broad SMARTS) is 1. The summed E-state index contributed by atoms with van der Waals surface area (Å²) < 4.78 is 29.5. The Kier molecular flexibility index (Phi) is 7.11. The lowest BCUT2D eigenvalue weighted by molar-refractivity contribution is -0.138. The van der Waals surface area contributed by atoms with Crippen LogP contribution in [0.4, 0.5) is 4.79 Å². The van der Waals surface area contributed by atoms with Crippen molar-refractivity contribution in [1.29, 1.82) is 0 Å². The fourth-order valence-electron chi connectivity index (χ4n) is 4.68. The molecule has 0 spiro atoms. The second kappa shape index (κ2) is 10.1. The van der Waals surface area contributed by atoms with Crippen LogP contribution in [-0.4, -0.2) is 73.1 Å². The van der Waals surface area contributed by atoms with E-state index in [1.807, 2.05) is 48.5 Å². The molecule has 2 aliphatic rings. The highest BCUT2D eigenvalue weighted by Crippen LogP contribution is 2.44. The number of nitrogens with zero attached hydrogens (tertiary/aromatic N) is 1. The molecule has 2 aromatic carbocycles. The van der Waals surface area contributed by atoms with E-state index in [0.29, 0.717) is 0 Å². The Bertz CT molecular complexity index is 1200. The van der Waals surface area contributed by atoms with E-state index >= 15 is 0 Å². The maximum absolute atomic E-state index is 13.1. The highest BCUT2D eigenvalue weighted by Gasteiger charge is 2.36. The normalized spacial score (nSPS) is 19.3. The molecule has 9 nitrogen and oxygen atoms in total. The Hall–Kier alpha value is -3.40. The van der Waals surface area contributed by atoms with Crippen LogP contribution in [0.5, 0.6) is 0 Å².